The highest BCUT2D eigenvalue weighted by Gasteiger charge is 2.13. The molecule has 1 aromatic heterocycles. The largest absolute Gasteiger partial charge is 0.323 e. The van der Waals surface area contributed by atoms with Crippen molar-refractivity contribution in [1.29, 1.82) is 0 Å². The molecular weight excluding hydrogens is 367 g/mol. The number of anilines is 2. The Morgan fingerprint density at radius 3 is 2.55 bits per heavy atom. The molecule has 0 aliphatic carbocycles. The third-order valence-electron chi connectivity index (χ3n) is 2.45. The van der Waals surface area contributed by atoms with Gasteiger partial charge in [-0.1, -0.05) is 23.2 Å². The Labute approximate surface area is 133 Å². The summed E-state index contributed by atoms with van der Waals surface area (Å²) in [5, 5.41) is 3.23. The van der Waals surface area contributed by atoms with Crippen LogP contribution in [0.5, 0.6) is 0 Å². The van der Waals surface area contributed by atoms with E-state index in [0.717, 1.165) is 0 Å². The number of amides is 1. The van der Waals surface area contributed by atoms with Crippen molar-refractivity contribution in [2.75, 3.05) is 10.7 Å². The van der Waals surface area contributed by atoms with E-state index in [1.54, 1.807) is 24.3 Å². The van der Waals surface area contributed by atoms with E-state index in [1.807, 2.05) is 0 Å². The summed E-state index contributed by atoms with van der Waals surface area (Å²) in [6.07, 6.45) is 1.45. The molecule has 104 valence electrons. The molecule has 1 aromatic carbocycles. The van der Waals surface area contributed by atoms with E-state index in [9.17, 15) is 4.79 Å². The summed E-state index contributed by atoms with van der Waals surface area (Å²) >= 11 is 15.3. The average molecular weight is 376 g/mol. The molecule has 8 heteroatoms. The van der Waals surface area contributed by atoms with Crippen LogP contribution in [-0.4, -0.2) is 10.9 Å². The molecule has 0 bridgehead atoms. The van der Waals surface area contributed by atoms with Crippen LogP contribution < -0.4 is 16.6 Å². The SMILES string of the molecule is NNc1ccc(C(=O)Nc2ccc(Br)c(Cl)c2Cl)nc1. The maximum absolute atomic E-state index is 12.0. The number of nitrogens with zero attached hydrogens (tertiary/aromatic N) is 1. The van der Waals surface area contributed by atoms with E-state index in [-0.39, 0.29) is 10.7 Å². The molecule has 1 heterocycles. The minimum absolute atomic E-state index is 0.235. The monoisotopic (exact) mass is 374 g/mol. The predicted octanol–water partition coefficient (Wildman–Crippen LogP) is 3.69. The molecule has 5 nitrogen and oxygen atoms in total. The van der Waals surface area contributed by atoms with Gasteiger partial charge in [-0.05, 0) is 40.2 Å². The van der Waals surface area contributed by atoms with Gasteiger partial charge < -0.3 is 10.7 Å². The molecular formula is C12H9BrCl2N4O. The van der Waals surface area contributed by atoms with Gasteiger partial charge in [0.1, 0.15) is 5.69 Å². The highest BCUT2D eigenvalue weighted by molar-refractivity contribution is 9.10. The van der Waals surface area contributed by atoms with Crippen molar-refractivity contribution in [3.05, 3.63) is 50.7 Å². The molecule has 0 saturated carbocycles. The second kappa shape index (κ2) is 6.41. The summed E-state index contributed by atoms with van der Waals surface area (Å²) in [5.41, 5.74) is 3.68. The minimum atomic E-state index is -0.395. The number of hydrogen-bond acceptors (Lipinski definition) is 4. The lowest BCUT2D eigenvalue weighted by atomic mass is 10.3. The van der Waals surface area contributed by atoms with E-state index in [4.69, 9.17) is 29.0 Å². The summed E-state index contributed by atoms with van der Waals surface area (Å²) in [6, 6.07) is 6.52. The van der Waals surface area contributed by atoms with Crippen LogP contribution in [0.1, 0.15) is 10.5 Å². The van der Waals surface area contributed by atoms with Crippen molar-refractivity contribution in [3.8, 4) is 0 Å². The summed E-state index contributed by atoms with van der Waals surface area (Å²) < 4.78 is 0.652. The molecule has 1 amide bonds. The Kier molecular flexibility index (Phi) is 4.82. The van der Waals surface area contributed by atoms with Gasteiger partial charge in [-0.3, -0.25) is 10.6 Å². The first-order valence-electron chi connectivity index (χ1n) is 5.40. The number of carbonyl (C=O) groups excluding carboxylic acids is 1. The van der Waals surface area contributed by atoms with Gasteiger partial charge in [0.05, 0.1) is 27.6 Å². The average Bonchev–Trinajstić information content (AvgIpc) is 2.48. The van der Waals surface area contributed by atoms with Crippen molar-refractivity contribution >= 4 is 56.4 Å². The summed E-state index contributed by atoms with van der Waals surface area (Å²) in [4.78, 5) is 16.0. The lowest BCUT2D eigenvalue weighted by molar-refractivity contribution is 0.102. The van der Waals surface area contributed by atoms with Crippen molar-refractivity contribution in [2.45, 2.75) is 0 Å². The first-order chi connectivity index (χ1) is 9.52. The minimum Gasteiger partial charge on any atom is -0.323 e. The lowest BCUT2D eigenvalue weighted by Crippen LogP contribution is -2.14. The fourth-order valence-electron chi connectivity index (χ4n) is 1.42. The fraction of sp³-hybridized carbons (Fsp3) is 0. The topological polar surface area (TPSA) is 80.0 Å². The molecule has 0 saturated heterocycles. The molecule has 0 unspecified atom stereocenters. The Morgan fingerprint density at radius 2 is 1.95 bits per heavy atom. The van der Waals surface area contributed by atoms with Crippen molar-refractivity contribution in [1.82, 2.24) is 4.98 Å². The van der Waals surface area contributed by atoms with Gasteiger partial charge in [0.15, 0.2) is 0 Å². The summed E-state index contributed by atoms with van der Waals surface area (Å²) in [7, 11) is 0. The molecule has 0 atom stereocenters. The normalized spacial score (nSPS) is 10.2. The summed E-state index contributed by atoms with van der Waals surface area (Å²) in [5.74, 6) is 4.83. The van der Waals surface area contributed by atoms with E-state index in [2.05, 4.69) is 31.7 Å². The van der Waals surface area contributed by atoms with Crippen LogP contribution in [0, 0.1) is 0 Å². The number of benzene rings is 1. The number of nitrogen functional groups attached to an aromatic ring is 1. The van der Waals surface area contributed by atoms with E-state index in [1.165, 1.54) is 6.20 Å². The van der Waals surface area contributed by atoms with Crippen molar-refractivity contribution in [3.63, 3.8) is 0 Å². The smallest absolute Gasteiger partial charge is 0.274 e. The number of hydrazine groups is 1. The number of hydrogen-bond donors (Lipinski definition) is 3. The van der Waals surface area contributed by atoms with E-state index < -0.39 is 5.91 Å². The van der Waals surface area contributed by atoms with Crippen molar-refractivity contribution < 1.29 is 4.79 Å². The number of pyridine rings is 1. The number of rotatable bonds is 3. The van der Waals surface area contributed by atoms with Gasteiger partial charge >= 0.3 is 0 Å². The first kappa shape index (κ1) is 15.1. The second-order valence-corrected chi connectivity index (χ2v) is 5.36. The molecule has 2 rings (SSSR count). The second-order valence-electron chi connectivity index (χ2n) is 3.75. The van der Waals surface area contributed by atoms with Gasteiger partial charge in [-0.15, -0.1) is 0 Å². The quantitative estimate of drug-likeness (QED) is 0.434. The number of halogens is 3. The van der Waals surface area contributed by atoms with Crippen LogP contribution in [0.15, 0.2) is 34.9 Å². The highest BCUT2D eigenvalue weighted by Crippen LogP contribution is 2.35. The third kappa shape index (κ3) is 3.21. The van der Waals surface area contributed by atoms with Gasteiger partial charge in [0, 0.05) is 4.47 Å². The number of nitrogens with one attached hydrogen (secondary N) is 2. The van der Waals surface area contributed by atoms with Crippen LogP contribution in [0.25, 0.3) is 0 Å². The number of carbonyl (C=O) groups is 1. The number of nitrogens with two attached hydrogens (primary N) is 1. The van der Waals surface area contributed by atoms with Crippen LogP contribution >= 0.6 is 39.1 Å². The Balaban J connectivity index is 2.21. The zero-order valence-corrected chi connectivity index (χ0v) is 13.1. The van der Waals surface area contributed by atoms with Crippen LogP contribution in [0.4, 0.5) is 11.4 Å². The van der Waals surface area contributed by atoms with Gasteiger partial charge in [-0.2, -0.15) is 0 Å². The van der Waals surface area contributed by atoms with E-state index in [0.29, 0.717) is 20.9 Å². The Bertz CT molecular complexity index is 649. The molecule has 2 aromatic rings. The predicted molar refractivity (Wildman–Crippen MR) is 84.2 cm³/mol. The fourth-order valence-corrected chi connectivity index (χ4v) is 2.24. The zero-order valence-electron chi connectivity index (χ0n) is 9.95. The van der Waals surface area contributed by atoms with Gasteiger partial charge in [-0.25, -0.2) is 4.98 Å². The Hall–Kier alpha value is -1.34. The van der Waals surface area contributed by atoms with Crippen molar-refractivity contribution in [2.24, 2.45) is 5.84 Å². The maximum Gasteiger partial charge on any atom is 0.274 e. The lowest BCUT2D eigenvalue weighted by Gasteiger charge is -2.09. The van der Waals surface area contributed by atoms with E-state index >= 15 is 0 Å². The van der Waals surface area contributed by atoms with Crippen LogP contribution in [-0.2, 0) is 0 Å². The van der Waals surface area contributed by atoms with Gasteiger partial charge in [0.2, 0.25) is 0 Å². The summed E-state index contributed by atoms with van der Waals surface area (Å²) in [6.45, 7) is 0. The standard InChI is InChI=1S/C12H9BrCl2N4O/c13-7-2-4-8(11(15)10(7)14)18-12(20)9-3-1-6(19-16)5-17-9/h1-5,19H,16H2,(H,18,20). The molecule has 0 spiro atoms. The highest BCUT2D eigenvalue weighted by atomic mass is 79.9. The zero-order chi connectivity index (χ0) is 14.7. The van der Waals surface area contributed by atoms with Crippen LogP contribution in [0.3, 0.4) is 0 Å². The Morgan fingerprint density at radius 1 is 1.20 bits per heavy atom. The molecule has 0 aliphatic rings. The van der Waals surface area contributed by atoms with Gasteiger partial charge in [0.25, 0.3) is 5.91 Å². The first-order valence-corrected chi connectivity index (χ1v) is 6.95. The van der Waals surface area contributed by atoms with Crippen LogP contribution in [0.2, 0.25) is 10.0 Å². The maximum atomic E-state index is 12.0. The number of aromatic nitrogens is 1. The molecule has 4 N–H and O–H groups in total. The molecule has 20 heavy (non-hydrogen) atoms. The molecule has 0 radical (unpaired) electrons. The molecule has 0 aliphatic heterocycles. The third-order valence-corrected chi connectivity index (χ3v) is 4.22. The molecule has 0 fully saturated rings.